The van der Waals surface area contributed by atoms with E-state index >= 15 is 0 Å². The summed E-state index contributed by atoms with van der Waals surface area (Å²) in [6.07, 6.45) is 4.67. The van der Waals surface area contributed by atoms with Crippen molar-refractivity contribution >= 4 is 40.2 Å². The third-order valence-electron chi connectivity index (χ3n) is 3.22. The zero-order valence-corrected chi connectivity index (χ0v) is 16.9. The zero-order valence-electron chi connectivity index (χ0n) is 15.3. The summed E-state index contributed by atoms with van der Waals surface area (Å²) in [4.78, 5) is 35.8. The van der Waals surface area contributed by atoms with Crippen molar-refractivity contribution in [2.45, 2.75) is 33.9 Å². The zero-order chi connectivity index (χ0) is 20.2. The van der Waals surface area contributed by atoms with Gasteiger partial charge in [-0.05, 0) is 34.4 Å². The quantitative estimate of drug-likeness (QED) is 0.532. The van der Waals surface area contributed by atoms with E-state index in [2.05, 4.69) is 46.9 Å². The molecule has 10 heteroatoms. The highest BCUT2D eigenvalue weighted by Gasteiger charge is 2.22. The summed E-state index contributed by atoms with van der Waals surface area (Å²) >= 11 is 3.23. The first-order valence-electron chi connectivity index (χ1n) is 8.21. The fraction of sp³-hybridized carbons (Fsp3) is 0.333. The highest BCUT2D eigenvalue weighted by atomic mass is 79.9. The minimum atomic E-state index is -0.666. The van der Waals surface area contributed by atoms with E-state index < -0.39 is 18.6 Å². The smallest absolute Gasteiger partial charge is 0.358 e. The first-order chi connectivity index (χ1) is 13.0. The maximum Gasteiger partial charge on any atom is 0.358 e. The molecule has 2 rings (SSSR count). The second kappa shape index (κ2) is 13.4. The lowest BCUT2D eigenvalue weighted by Gasteiger charge is -2.10. The van der Waals surface area contributed by atoms with E-state index in [1.807, 2.05) is 13.8 Å². The van der Waals surface area contributed by atoms with Gasteiger partial charge in [-0.25, -0.2) is 25.0 Å². The second-order valence-electron chi connectivity index (χ2n) is 5.02. The number of carbonyl (C=O) groups is 2. The molecule has 28 heavy (non-hydrogen) atoms. The van der Waals surface area contributed by atoms with Gasteiger partial charge in [0, 0.05) is 34.8 Å². The molecule has 2 aromatic heterocycles. The van der Waals surface area contributed by atoms with E-state index in [1.54, 1.807) is 18.3 Å². The van der Waals surface area contributed by atoms with E-state index in [4.69, 9.17) is 0 Å². The van der Waals surface area contributed by atoms with Gasteiger partial charge in [0.1, 0.15) is 6.33 Å². The summed E-state index contributed by atoms with van der Waals surface area (Å²) in [7, 11) is 1.23. The molecule has 2 aromatic rings. The van der Waals surface area contributed by atoms with Gasteiger partial charge in [0.25, 0.3) is 6.71 Å². The predicted molar refractivity (Wildman–Crippen MR) is 112 cm³/mol. The number of hydrogen-bond donors (Lipinski definition) is 1. The van der Waals surface area contributed by atoms with Gasteiger partial charge in [0.05, 0.1) is 12.8 Å². The van der Waals surface area contributed by atoms with Gasteiger partial charge in [-0.3, -0.25) is 4.79 Å². The van der Waals surface area contributed by atoms with Gasteiger partial charge in [-0.2, -0.15) is 0 Å². The van der Waals surface area contributed by atoms with Crippen molar-refractivity contribution in [3.05, 3.63) is 46.7 Å². The number of nitrogens with zero attached hydrogens (tertiary/aromatic N) is 4. The molecule has 0 bridgehead atoms. The minimum Gasteiger partial charge on any atom is -0.464 e. The molecule has 0 atom stereocenters. The molecular formula is C18H23BBrN5O3. The Kier molecular flexibility index (Phi) is 12.0. The largest absolute Gasteiger partial charge is 0.464 e. The van der Waals surface area contributed by atoms with Crippen LogP contribution >= 0.6 is 15.9 Å². The monoisotopic (exact) mass is 447 g/mol. The molecule has 0 saturated carbocycles. The Labute approximate surface area is 174 Å². The van der Waals surface area contributed by atoms with Gasteiger partial charge in [-0.1, -0.05) is 21.3 Å². The van der Waals surface area contributed by atoms with E-state index in [0.717, 1.165) is 0 Å². The van der Waals surface area contributed by atoms with Crippen LogP contribution in [0.1, 0.15) is 37.5 Å². The number of amides is 1. The predicted octanol–water partition coefficient (Wildman–Crippen LogP) is 3.36. The number of esters is 1. The van der Waals surface area contributed by atoms with Crippen molar-refractivity contribution in [3.63, 3.8) is 0 Å². The fourth-order valence-electron chi connectivity index (χ4n) is 2.07. The second-order valence-corrected chi connectivity index (χ2v) is 5.94. The number of aromatic nitrogens is 3. The van der Waals surface area contributed by atoms with Gasteiger partial charge in [0.2, 0.25) is 5.91 Å². The lowest BCUT2D eigenvalue weighted by Crippen LogP contribution is -2.25. The fourth-order valence-corrected chi connectivity index (χ4v) is 2.40. The number of nitriles is 1. The van der Waals surface area contributed by atoms with Crippen LogP contribution in [0, 0.1) is 11.2 Å². The number of anilines is 1. The summed E-state index contributed by atoms with van der Waals surface area (Å²) in [6.45, 7) is 3.44. The van der Waals surface area contributed by atoms with E-state index in [1.165, 1.54) is 19.6 Å². The van der Waals surface area contributed by atoms with Gasteiger partial charge in [0.15, 0.2) is 5.69 Å². The minimum absolute atomic E-state index is 0. The van der Waals surface area contributed by atoms with Crippen molar-refractivity contribution in [1.82, 2.24) is 15.0 Å². The van der Waals surface area contributed by atoms with Crippen LogP contribution in [0.25, 0.3) is 0 Å². The molecule has 0 aliphatic carbocycles. The first-order valence-corrected chi connectivity index (χ1v) is 9.01. The molecule has 1 N–H and O–H groups in total. The molecule has 0 radical (unpaired) electrons. The number of hydrogen-bond acceptors (Lipinski definition) is 7. The molecule has 0 aliphatic heterocycles. The Morgan fingerprint density at radius 3 is 2.64 bits per heavy atom. The molecule has 0 unspecified atom stereocenters. The van der Waals surface area contributed by atoms with Crippen molar-refractivity contribution in [3.8, 4) is 5.97 Å². The summed E-state index contributed by atoms with van der Waals surface area (Å²) in [6, 6.07) is 3.23. The molecule has 0 fully saturated rings. The Hall–Kier alpha value is -2.80. The van der Waals surface area contributed by atoms with Crippen LogP contribution in [0.3, 0.4) is 0 Å². The lowest BCUT2D eigenvalue weighted by atomic mass is 9.46. The molecule has 0 saturated heterocycles. The molecule has 1 amide bonds. The third kappa shape index (κ3) is 7.84. The third-order valence-corrected chi connectivity index (χ3v) is 3.65. The van der Waals surface area contributed by atoms with E-state index in [0.29, 0.717) is 16.5 Å². The molecule has 148 valence electrons. The maximum atomic E-state index is 12.3. The van der Waals surface area contributed by atoms with Crippen LogP contribution in [0.15, 0.2) is 35.3 Å². The van der Waals surface area contributed by atoms with Crippen LogP contribution in [-0.2, 0) is 15.9 Å². The normalized spacial score (nSPS) is 8.96. The summed E-state index contributed by atoms with van der Waals surface area (Å²) < 4.78 is 5.24. The number of methoxy groups -OCH3 is 1. The van der Waals surface area contributed by atoms with E-state index in [9.17, 15) is 14.9 Å². The lowest BCUT2D eigenvalue weighted by molar-refractivity contribution is -0.114. The molecule has 0 aromatic carbocycles. The highest BCUT2D eigenvalue weighted by Crippen LogP contribution is 2.20. The Balaban J connectivity index is 0.00000235. The molecule has 2 heterocycles. The molecular weight excluding hydrogens is 425 g/mol. The number of ether oxygens (including phenoxy) is 1. The summed E-state index contributed by atoms with van der Waals surface area (Å²) in [5.41, 5.74) is 0.877. The average molecular weight is 448 g/mol. The average Bonchev–Trinajstić information content (AvgIpc) is 2.69. The molecule has 0 aliphatic rings. The maximum absolute atomic E-state index is 12.3. The highest BCUT2D eigenvalue weighted by molar-refractivity contribution is 9.10. The van der Waals surface area contributed by atoms with Crippen molar-refractivity contribution in [2.75, 3.05) is 12.4 Å². The molecule has 0 spiro atoms. The van der Waals surface area contributed by atoms with Crippen LogP contribution < -0.4 is 5.32 Å². The SMILES string of the molecule is C.CC.COC(=O)c1ncc(Br)cc1NC(=O)CB(C#N)Cc1ccncn1. The van der Waals surface area contributed by atoms with Crippen LogP contribution in [0.4, 0.5) is 5.69 Å². The Morgan fingerprint density at radius 2 is 2.07 bits per heavy atom. The Bertz CT molecular complexity index is 815. The van der Waals surface area contributed by atoms with Crippen LogP contribution in [0.5, 0.6) is 0 Å². The standard InChI is InChI=1S/C15H13BBrN5O3.C2H6.CH4/c1-25-15(24)14-12(4-10(17)7-20-14)22-13(23)6-16(8-18)5-11-2-3-19-9-21-11;1-2;/h2-4,7,9H,5-6H2,1H3,(H,22,23);1-2H3;1H4. The molecule has 8 nitrogen and oxygen atoms in total. The van der Waals surface area contributed by atoms with Crippen molar-refractivity contribution in [1.29, 1.82) is 5.26 Å². The number of rotatable bonds is 6. The number of nitrogens with one attached hydrogen (secondary N) is 1. The first kappa shape index (κ1) is 25.2. The van der Waals surface area contributed by atoms with Gasteiger partial charge < -0.3 is 10.1 Å². The number of carbonyl (C=O) groups excluding carboxylic acids is 2. The van der Waals surface area contributed by atoms with Crippen molar-refractivity contribution in [2.24, 2.45) is 0 Å². The van der Waals surface area contributed by atoms with Gasteiger partial charge >= 0.3 is 5.97 Å². The van der Waals surface area contributed by atoms with Crippen LogP contribution in [-0.4, -0.2) is 40.7 Å². The van der Waals surface area contributed by atoms with E-state index in [-0.39, 0.29) is 25.1 Å². The summed E-state index contributed by atoms with van der Waals surface area (Å²) in [5.74, 6) is 1.01. The Morgan fingerprint density at radius 1 is 1.36 bits per heavy atom. The number of halogens is 1. The van der Waals surface area contributed by atoms with Gasteiger partial charge in [-0.15, -0.1) is 0 Å². The van der Waals surface area contributed by atoms with Crippen LogP contribution in [0.2, 0.25) is 6.32 Å². The topological polar surface area (TPSA) is 118 Å². The summed E-state index contributed by atoms with van der Waals surface area (Å²) in [5, 5.41) is 11.9. The number of pyridine rings is 1. The van der Waals surface area contributed by atoms with Crippen molar-refractivity contribution < 1.29 is 14.3 Å².